The third kappa shape index (κ3) is 6.28. The standard InChI is InChI=1S/C28H38O2/c1-2-3-21-30-22-15-9-7-5-4-6-8-10-20-27(29)28-25-18-13-11-16-23(25)24-17-12-14-19-26(24)28/h11-14,16-19,28H,2-10,15,20-22H2,1H3. The Morgan fingerprint density at radius 2 is 1.20 bits per heavy atom. The van der Waals surface area contributed by atoms with E-state index in [2.05, 4.69) is 55.5 Å². The predicted octanol–water partition coefficient (Wildman–Crippen LogP) is 7.70. The predicted molar refractivity (Wildman–Crippen MR) is 126 cm³/mol. The first-order valence-electron chi connectivity index (χ1n) is 12.1. The van der Waals surface area contributed by atoms with E-state index in [1.165, 1.54) is 80.0 Å². The molecule has 30 heavy (non-hydrogen) atoms. The van der Waals surface area contributed by atoms with Gasteiger partial charge in [-0.3, -0.25) is 4.79 Å². The molecule has 0 atom stereocenters. The number of fused-ring (bicyclic) bond motifs is 3. The van der Waals surface area contributed by atoms with Crippen LogP contribution in [0.5, 0.6) is 0 Å². The summed E-state index contributed by atoms with van der Waals surface area (Å²) in [5.74, 6) is 0.326. The number of carbonyl (C=O) groups excluding carboxylic acids is 1. The van der Waals surface area contributed by atoms with E-state index in [1.54, 1.807) is 0 Å². The third-order valence-electron chi connectivity index (χ3n) is 6.26. The maximum absolute atomic E-state index is 13.1. The van der Waals surface area contributed by atoms with E-state index in [1.807, 2.05) is 0 Å². The Bertz CT molecular complexity index is 734. The van der Waals surface area contributed by atoms with Crippen LogP contribution in [-0.2, 0) is 9.53 Å². The second kappa shape index (κ2) is 12.7. The number of unbranched alkanes of at least 4 members (excludes halogenated alkanes) is 8. The van der Waals surface area contributed by atoms with Gasteiger partial charge in [0, 0.05) is 19.6 Å². The minimum atomic E-state index is -0.0584. The molecule has 0 aliphatic heterocycles. The van der Waals surface area contributed by atoms with Gasteiger partial charge in [-0.1, -0.05) is 100 Å². The number of ether oxygens (including phenoxy) is 1. The van der Waals surface area contributed by atoms with Crippen molar-refractivity contribution in [2.45, 2.75) is 83.5 Å². The van der Waals surface area contributed by atoms with Gasteiger partial charge in [0.1, 0.15) is 5.78 Å². The Morgan fingerprint density at radius 1 is 0.700 bits per heavy atom. The second-order valence-corrected chi connectivity index (χ2v) is 8.62. The van der Waals surface area contributed by atoms with Crippen molar-refractivity contribution in [1.82, 2.24) is 0 Å². The molecule has 0 N–H and O–H groups in total. The van der Waals surface area contributed by atoms with E-state index in [-0.39, 0.29) is 5.92 Å². The van der Waals surface area contributed by atoms with Crippen LogP contribution >= 0.6 is 0 Å². The zero-order chi connectivity index (χ0) is 21.0. The summed E-state index contributed by atoms with van der Waals surface area (Å²) in [5.41, 5.74) is 4.87. The molecule has 0 saturated carbocycles. The zero-order valence-electron chi connectivity index (χ0n) is 18.7. The lowest BCUT2D eigenvalue weighted by molar-refractivity contribution is -0.119. The van der Waals surface area contributed by atoms with E-state index in [9.17, 15) is 4.79 Å². The smallest absolute Gasteiger partial charge is 0.144 e. The van der Waals surface area contributed by atoms with Crippen LogP contribution in [0.25, 0.3) is 11.1 Å². The van der Waals surface area contributed by atoms with Crippen molar-refractivity contribution in [3.63, 3.8) is 0 Å². The molecule has 0 radical (unpaired) electrons. The molecule has 0 spiro atoms. The van der Waals surface area contributed by atoms with Crippen LogP contribution in [0.4, 0.5) is 0 Å². The van der Waals surface area contributed by atoms with Gasteiger partial charge in [-0.05, 0) is 41.5 Å². The van der Waals surface area contributed by atoms with Crippen LogP contribution in [0.1, 0.15) is 94.6 Å². The highest BCUT2D eigenvalue weighted by Crippen LogP contribution is 2.45. The SMILES string of the molecule is CCCCOCCCCCCCCCCC(=O)C1c2ccccc2-c2ccccc21. The minimum Gasteiger partial charge on any atom is -0.381 e. The van der Waals surface area contributed by atoms with Gasteiger partial charge in [-0.15, -0.1) is 0 Å². The van der Waals surface area contributed by atoms with E-state index in [0.717, 1.165) is 19.6 Å². The highest BCUT2D eigenvalue weighted by molar-refractivity contribution is 5.97. The van der Waals surface area contributed by atoms with Crippen molar-refractivity contribution in [2.24, 2.45) is 0 Å². The van der Waals surface area contributed by atoms with E-state index in [4.69, 9.17) is 4.74 Å². The summed E-state index contributed by atoms with van der Waals surface area (Å²) in [6.45, 7) is 4.05. The Morgan fingerprint density at radius 3 is 1.80 bits per heavy atom. The normalized spacial score (nSPS) is 12.7. The maximum Gasteiger partial charge on any atom is 0.144 e. The van der Waals surface area contributed by atoms with Crippen LogP contribution in [0.3, 0.4) is 0 Å². The molecule has 0 unspecified atom stereocenters. The molecule has 0 saturated heterocycles. The fraction of sp³-hybridized carbons (Fsp3) is 0.536. The monoisotopic (exact) mass is 406 g/mol. The number of carbonyl (C=O) groups is 1. The highest BCUT2D eigenvalue weighted by atomic mass is 16.5. The quantitative estimate of drug-likeness (QED) is 0.283. The van der Waals surface area contributed by atoms with E-state index in [0.29, 0.717) is 12.2 Å². The van der Waals surface area contributed by atoms with Gasteiger partial charge >= 0.3 is 0 Å². The summed E-state index contributed by atoms with van der Waals surface area (Å²) in [6, 6.07) is 16.8. The molecule has 0 bridgehead atoms. The number of benzene rings is 2. The fourth-order valence-electron chi connectivity index (χ4n) is 4.56. The summed E-state index contributed by atoms with van der Waals surface area (Å²) >= 11 is 0. The lowest BCUT2D eigenvalue weighted by Gasteiger charge is -2.12. The van der Waals surface area contributed by atoms with Gasteiger partial charge in [0.2, 0.25) is 0 Å². The minimum absolute atomic E-state index is 0.0584. The average molecular weight is 407 g/mol. The Kier molecular flexibility index (Phi) is 9.63. The lowest BCUT2D eigenvalue weighted by atomic mass is 9.90. The Balaban J connectivity index is 1.30. The van der Waals surface area contributed by atoms with Crippen molar-refractivity contribution in [3.05, 3.63) is 59.7 Å². The largest absolute Gasteiger partial charge is 0.381 e. The van der Waals surface area contributed by atoms with Crippen molar-refractivity contribution < 1.29 is 9.53 Å². The summed E-state index contributed by atoms with van der Waals surface area (Å²) in [7, 11) is 0. The third-order valence-corrected chi connectivity index (χ3v) is 6.26. The lowest BCUT2D eigenvalue weighted by Crippen LogP contribution is -2.11. The van der Waals surface area contributed by atoms with Crippen LogP contribution in [0.2, 0.25) is 0 Å². The summed E-state index contributed by atoms with van der Waals surface area (Å²) in [5, 5.41) is 0. The molecule has 0 heterocycles. The van der Waals surface area contributed by atoms with Crippen molar-refractivity contribution in [1.29, 1.82) is 0 Å². The highest BCUT2D eigenvalue weighted by Gasteiger charge is 2.32. The fourth-order valence-corrected chi connectivity index (χ4v) is 4.56. The number of Topliss-reactive ketones (excluding diaryl/α,β-unsaturated/α-hetero) is 1. The molecule has 0 aromatic heterocycles. The first-order valence-corrected chi connectivity index (χ1v) is 12.1. The molecular formula is C28H38O2. The molecule has 1 aliphatic carbocycles. The molecule has 162 valence electrons. The van der Waals surface area contributed by atoms with Crippen molar-refractivity contribution in [3.8, 4) is 11.1 Å². The Hall–Kier alpha value is -1.93. The Labute approximate surface area is 183 Å². The average Bonchev–Trinajstić information content (AvgIpc) is 3.11. The van der Waals surface area contributed by atoms with E-state index < -0.39 is 0 Å². The number of rotatable bonds is 15. The number of ketones is 1. The van der Waals surface area contributed by atoms with Crippen LogP contribution in [0.15, 0.2) is 48.5 Å². The number of hydrogen-bond acceptors (Lipinski definition) is 2. The first kappa shape index (κ1) is 22.7. The molecule has 2 heteroatoms. The second-order valence-electron chi connectivity index (χ2n) is 8.62. The van der Waals surface area contributed by atoms with Gasteiger partial charge in [-0.25, -0.2) is 0 Å². The van der Waals surface area contributed by atoms with Gasteiger partial charge in [0.25, 0.3) is 0 Å². The van der Waals surface area contributed by atoms with Crippen LogP contribution in [-0.4, -0.2) is 19.0 Å². The first-order chi connectivity index (χ1) is 14.8. The summed E-state index contributed by atoms with van der Waals surface area (Å²) in [6.07, 6.45) is 12.9. The molecule has 3 rings (SSSR count). The molecule has 1 aliphatic rings. The van der Waals surface area contributed by atoms with Crippen molar-refractivity contribution >= 4 is 5.78 Å². The van der Waals surface area contributed by atoms with Crippen LogP contribution in [0, 0.1) is 0 Å². The molecule has 2 nitrogen and oxygen atoms in total. The van der Waals surface area contributed by atoms with Crippen molar-refractivity contribution in [2.75, 3.05) is 13.2 Å². The topological polar surface area (TPSA) is 26.3 Å². The van der Waals surface area contributed by atoms with Gasteiger partial charge < -0.3 is 4.74 Å². The molecular weight excluding hydrogens is 368 g/mol. The zero-order valence-corrected chi connectivity index (χ0v) is 18.7. The summed E-state index contributed by atoms with van der Waals surface area (Å²) < 4.78 is 5.61. The molecule has 0 amide bonds. The molecule has 2 aromatic carbocycles. The molecule has 2 aromatic rings. The molecule has 0 fully saturated rings. The van der Waals surface area contributed by atoms with Crippen LogP contribution < -0.4 is 0 Å². The van der Waals surface area contributed by atoms with Gasteiger partial charge in [0.05, 0.1) is 5.92 Å². The maximum atomic E-state index is 13.1. The van der Waals surface area contributed by atoms with E-state index >= 15 is 0 Å². The summed E-state index contributed by atoms with van der Waals surface area (Å²) in [4.78, 5) is 13.1. The van der Waals surface area contributed by atoms with Gasteiger partial charge in [0.15, 0.2) is 0 Å². The van der Waals surface area contributed by atoms with Gasteiger partial charge in [-0.2, -0.15) is 0 Å². The number of hydrogen-bond donors (Lipinski definition) is 0.